The van der Waals surface area contributed by atoms with Crippen LogP contribution < -0.4 is 11.1 Å². The summed E-state index contributed by atoms with van der Waals surface area (Å²) in [5, 5.41) is 3.28. The summed E-state index contributed by atoms with van der Waals surface area (Å²) in [6, 6.07) is 0. The first-order valence-corrected chi connectivity index (χ1v) is 5.83. The lowest BCUT2D eigenvalue weighted by Crippen LogP contribution is -2.54. The summed E-state index contributed by atoms with van der Waals surface area (Å²) in [6.45, 7) is 11.3. The number of carbonyl (C=O) groups excluding carboxylic acids is 1. The molecule has 0 bridgehead atoms. The molecule has 3 nitrogen and oxygen atoms in total. The summed E-state index contributed by atoms with van der Waals surface area (Å²) >= 11 is 0. The van der Waals surface area contributed by atoms with Crippen molar-refractivity contribution in [3.8, 4) is 0 Å². The highest BCUT2D eigenvalue weighted by Gasteiger charge is 2.30. The molecule has 0 saturated carbocycles. The van der Waals surface area contributed by atoms with E-state index < -0.39 is 5.54 Å². The molecule has 0 rings (SSSR count). The van der Waals surface area contributed by atoms with Crippen LogP contribution in [-0.4, -0.2) is 18.0 Å². The minimum absolute atomic E-state index is 0.246. The molecule has 1 amide bonds. The number of primary amides is 1. The number of nitrogens with two attached hydrogens (primary N) is 1. The Morgan fingerprint density at radius 2 is 1.80 bits per heavy atom. The molecule has 0 spiro atoms. The van der Waals surface area contributed by atoms with Crippen molar-refractivity contribution in [2.45, 2.75) is 53.0 Å². The van der Waals surface area contributed by atoms with E-state index in [-0.39, 0.29) is 5.91 Å². The molecule has 3 N–H and O–H groups in total. The van der Waals surface area contributed by atoms with Gasteiger partial charge < -0.3 is 11.1 Å². The van der Waals surface area contributed by atoms with Gasteiger partial charge in [-0.1, -0.05) is 27.7 Å². The second kappa shape index (κ2) is 6.11. The maximum Gasteiger partial charge on any atom is 0.237 e. The first kappa shape index (κ1) is 14.4. The molecule has 0 aliphatic rings. The summed E-state index contributed by atoms with van der Waals surface area (Å²) < 4.78 is 0. The maximum atomic E-state index is 11.4. The number of rotatable bonds is 7. The largest absolute Gasteiger partial charge is 0.368 e. The normalized spacial score (nSPS) is 15.7. The molecule has 0 radical (unpaired) electrons. The molecule has 0 heterocycles. The lowest BCUT2D eigenvalue weighted by atomic mass is 9.91. The Balaban J connectivity index is 4.26. The highest BCUT2D eigenvalue weighted by Crippen LogP contribution is 2.16. The molecule has 1 atom stereocenters. The van der Waals surface area contributed by atoms with Crippen LogP contribution in [0, 0.1) is 11.8 Å². The van der Waals surface area contributed by atoms with Crippen LogP contribution in [0.15, 0.2) is 0 Å². The Morgan fingerprint density at radius 3 is 2.13 bits per heavy atom. The molecule has 0 fully saturated rings. The van der Waals surface area contributed by atoms with Crippen LogP contribution in [0.2, 0.25) is 0 Å². The van der Waals surface area contributed by atoms with Crippen molar-refractivity contribution < 1.29 is 4.79 Å². The van der Waals surface area contributed by atoms with Crippen molar-refractivity contribution in [2.24, 2.45) is 17.6 Å². The van der Waals surface area contributed by atoms with Crippen LogP contribution in [0.3, 0.4) is 0 Å². The molecule has 0 aliphatic heterocycles. The predicted octanol–water partition coefficient (Wildman–Crippen LogP) is 1.91. The maximum absolute atomic E-state index is 11.4. The SMILES string of the molecule is CC(C)CCC(C)(NCC(C)C)C(N)=O. The lowest BCUT2D eigenvalue weighted by molar-refractivity contribution is -0.124. The van der Waals surface area contributed by atoms with Crippen LogP contribution in [0.25, 0.3) is 0 Å². The Morgan fingerprint density at radius 1 is 1.27 bits per heavy atom. The molecular formula is C12H26N2O. The Kier molecular flexibility index (Phi) is 5.88. The molecule has 0 saturated heterocycles. The van der Waals surface area contributed by atoms with Gasteiger partial charge in [-0.05, 0) is 38.1 Å². The number of hydrogen-bond acceptors (Lipinski definition) is 2. The van der Waals surface area contributed by atoms with Gasteiger partial charge in [-0.2, -0.15) is 0 Å². The van der Waals surface area contributed by atoms with Gasteiger partial charge >= 0.3 is 0 Å². The zero-order valence-electron chi connectivity index (χ0n) is 10.8. The minimum atomic E-state index is -0.547. The number of nitrogens with one attached hydrogen (secondary N) is 1. The third-order valence-corrected chi connectivity index (χ3v) is 2.67. The molecule has 15 heavy (non-hydrogen) atoms. The molecule has 1 unspecified atom stereocenters. The first-order chi connectivity index (χ1) is 6.78. The van der Waals surface area contributed by atoms with Crippen LogP contribution in [0.4, 0.5) is 0 Å². The van der Waals surface area contributed by atoms with Gasteiger partial charge in [0.25, 0.3) is 0 Å². The van der Waals surface area contributed by atoms with Crippen LogP contribution >= 0.6 is 0 Å². The van der Waals surface area contributed by atoms with E-state index in [1.807, 2.05) is 6.92 Å². The van der Waals surface area contributed by atoms with Crippen LogP contribution in [0.5, 0.6) is 0 Å². The third-order valence-electron chi connectivity index (χ3n) is 2.67. The summed E-state index contributed by atoms with van der Waals surface area (Å²) in [5.41, 5.74) is 4.89. The van der Waals surface area contributed by atoms with Gasteiger partial charge in [-0.15, -0.1) is 0 Å². The average Bonchev–Trinajstić information content (AvgIpc) is 2.11. The fourth-order valence-corrected chi connectivity index (χ4v) is 1.31. The van der Waals surface area contributed by atoms with Gasteiger partial charge in [-0.25, -0.2) is 0 Å². The Labute approximate surface area is 93.8 Å². The van der Waals surface area contributed by atoms with Crippen LogP contribution in [0.1, 0.15) is 47.5 Å². The minimum Gasteiger partial charge on any atom is -0.368 e. The molecule has 0 aromatic carbocycles. The third kappa shape index (κ3) is 5.78. The Hall–Kier alpha value is -0.570. The summed E-state index contributed by atoms with van der Waals surface area (Å²) in [6.07, 6.45) is 1.83. The lowest BCUT2D eigenvalue weighted by Gasteiger charge is -2.29. The van der Waals surface area contributed by atoms with Gasteiger partial charge in [0.05, 0.1) is 5.54 Å². The van der Waals surface area contributed by atoms with E-state index in [1.165, 1.54) is 0 Å². The van der Waals surface area contributed by atoms with E-state index in [1.54, 1.807) is 0 Å². The fourth-order valence-electron chi connectivity index (χ4n) is 1.31. The van der Waals surface area contributed by atoms with Crippen molar-refractivity contribution in [1.82, 2.24) is 5.32 Å². The van der Waals surface area contributed by atoms with Gasteiger partial charge in [0, 0.05) is 0 Å². The molecule has 3 heteroatoms. The molecule has 0 aromatic rings. The van der Waals surface area contributed by atoms with Crippen molar-refractivity contribution in [3.63, 3.8) is 0 Å². The predicted molar refractivity (Wildman–Crippen MR) is 64.5 cm³/mol. The number of amides is 1. The second-order valence-electron chi connectivity index (χ2n) is 5.40. The van der Waals surface area contributed by atoms with E-state index in [0.717, 1.165) is 19.4 Å². The Bertz CT molecular complexity index is 188. The van der Waals surface area contributed by atoms with Crippen molar-refractivity contribution in [2.75, 3.05) is 6.54 Å². The van der Waals surface area contributed by atoms with Crippen molar-refractivity contribution >= 4 is 5.91 Å². The van der Waals surface area contributed by atoms with E-state index in [2.05, 4.69) is 33.0 Å². The highest BCUT2D eigenvalue weighted by molar-refractivity contribution is 5.84. The van der Waals surface area contributed by atoms with Crippen LogP contribution in [-0.2, 0) is 4.79 Å². The summed E-state index contributed by atoms with van der Waals surface area (Å²) in [5.74, 6) is 0.885. The van der Waals surface area contributed by atoms with Crippen molar-refractivity contribution in [3.05, 3.63) is 0 Å². The average molecular weight is 214 g/mol. The van der Waals surface area contributed by atoms with E-state index in [4.69, 9.17) is 5.73 Å². The van der Waals surface area contributed by atoms with Gasteiger partial charge in [0.2, 0.25) is 5.91 Å². The van der Waals surface area contributed by atoms with E-state index >= 15 is 0 Å². The number of hydrogen-bond donors (Lipinski definition) is 2. The summed E-state index contributed by atoms with van der Waals surface area (Å²) in [7, 11) is 0. The fraction of sp³-hybridized carbons (Fsp3) is 0.917. The zero-order chi connectivity index (χ0) is 12.1. The molecule has 0 aliphatic carbocycles. The standard InChI is InChI=1S/C12H26N2O/c1-9(2)6-7-12(5,11(13)15)14-8-10(3)4/h9-10,14H,6-8H2,1-5H3,(H2,13,15). The first-order valence-electron chi connectivity index (χ1n) is 5.83. The second-order valence-corrected chi connectivity index (χ2v) is 5.40. The molecular weight excluding hydrogens is 188 g/mol. The molecule has 0 aromatic heterocycles. The van der Waals surface area contributed by atoms with Crippen molar-refractivity contribution in [1.29, 1.82) is 0 Å². The monoisotopic (exact) mass is 214 g/mol. The van der Waals surface area contributed by atoms with E-state index in [9.17, 15) is 4.79 Å². The smallest absolute Gasteiger partial charge is 0.237 e. The van der Waals surface area contributed by atoms with Gasteiger partial charge in [0.1, 0.15) is 0 Å². The summed E-state index contributed by atoms with van der Waals surface area (Å²) in [4.78, 5) is 11.4. The topological polar surface area (TPSA) is 55.1 Å². The zero-order valence-corrected chi connectivity index (χ0v) is 10.8. The number of carbonyl (C=O) groups is 1. The quantitative estimate of drug-likeness (QED) is 0.680. The van der Waals surface area contributed by atoms with Gasteiger partial charge in [0.15, 0.2) is 0 Å². The van der Waals surface area contributed by atoms with Gasteiger partial charge in [-0.3, -0.25) is 4.79 Å². The van der Waals surface area contributed by atoms with E-state index in [0.29, 0.717) is 11.8 Å². The highest BCUT2D eigenvalue weighted by atomic mass is 16.1. The molecule has 90 valence electrons.